The van der Waals surface area contributed by atoms with Gasteiger partial charge in [0.05, 0.1) is 0 Å². The summed E-state index contributed by atoms with van der Waals surface area (Å²) in [6, 6.07) is -0.500. The smallest absolute Gasteiger partial charge is 0.410 e. The summed E-state index contributed by atoms with van der Waals surface area (Å²) in [5.41, 5.74) is 4.91. The molecule has 1 amide bonds. The van der Waals surface area contributed by atoms with Crippen molar-refractivity contribution in [3.63, 3.8) is 0 Å². The van der Waals surface area contributed by atoms with Gasteiger partial charge in [-0.15, -0.1) is 0 Å². The summed E-state index contributed by atoms with van der Waals surface area (Å²) in [5, 5.41) is 0. The number of carbonyl (C=O) groups is 2. The minimum Gasteiger partial charge on any atom is -0.444 e. The van der Waals surface area contributed by atoms with Crippen LogP contribution in [0.25, 0.3) is 0 Å². The van der Waals surface area contributed by atoms with E-state index in [0.717, 1.165) is 0 Å². The topological polar surface area (TPSA) is 72.6 Å². The Labute approximate surface area is 89.6 Å². The van der Waals surface area contributed by atoms with Gasteiger partial charge in [0.25, 0.3) is 0 Å². The number of rotatable bonds is 1. The van der Waals surface area contributed by atoms with Crippen molar-refractivity contribution in [1.82, 2.24) is 4.90 Å². The molecule has 0 aliphatic carbocycles. The number of ketones is 1. The lowest BCUT2D eigenvalue weighted by molar-refractivity contribution is -0.119. The third-order valence-electron chi connectivity index (χ3n) is 2.20. The summed E-state index contributed by atoms with van der Waals surface area (Å²) in [6.45, 7) is 5.95. The van der Waals surface area contributed by atoms with Crippen molar-refractivity contribution in [3.05, 3.63) is 0 Å². The van der Waals surface area contributed by atoms with Crippen molar-refractivity contribution < 1.29 is 14.3 Å². The molecule has 0 bridgehead atoms. The van der Waals surface area contributed by atoms with Crippen LogP contribution in [0.5, 0.6) is 0 Å². The number of nitrogens with zero attached hydrogens (tertiary/aromatic N) is 1. The summed E-state index contributed by atoms with van der Waals surface area (Å²) in [5.74, 6) is 0.0170. The van der Waals surface area contributed by atoms with Gasteiger partial charge in [0.2, 0.25) is 0 Å². The van der Waals surface area contributed by atoms with E-state index >= 15 is 0 Å². The Bertz CT molecular complexity index is 270. The molecule has 1 rings (SSSR count). The molecule has 0 aromatic rings. The summed E-state index contributed by atoms with van der Waals surface area (Å²) >= 11 is 0. The van der Waals surface area contributed by atoms with Gasteiger partial charge in [-0.2, -0.15) is 0 Å². The van der Waals surface area contributed by atoms with Crippen LogP contribution in [0.1, 0.15) is 27.2 Å². The number of amides is 1. The molecule has 1 unspecified atom stereocenters. The molecule has 1 saturated heterocycles. The minimum atomic E-state index is -0.540. The van der Waals surface area contributed by atoms with Gasteiger partial charge in [0.15, 0.2) is 5.78 Å². The van der Waals surface area contributed by atoms with Gasteiger partial charge in [-0.05, 0) is 20.8 Å². The van der Waals surface area contributed by atoms with Gasteiger partial charge < -0.3 is 10.5 Å². The van der Waals surface area contributed by atoms with E-state index < -0.39 is 17.7 Å². The molecule has 5 heteroatoms. The lowest BCUT2D eigenvalue weighted by Crippen LogP contribution is -2.45. The van der Waals surface area contributed by atoms with Gasteiger partial charge in [0.1, 0.15) is 11.6 Å². The van der Waals surface area contributed by atoms with Gasteiger partial charge in [-0.1, -0.05) is 0 Å². The molecule has 0 radical (unpaired) electrons. The second-order valence-corrected chi connectivity index (χ2v) is 4.64. The van der Waals surface area contributed by atoms with Crippen molar-refractivity contribution in [2.24, 2.45) is 5.73 Å². The third-order valence-corrected chi connectivity index (χ3v) is 2.20. The molecule has 86 valence electrons. The van der Waals surface area contributed by atoms with Crippen molar-refractivity contribution in [3.8, 4) is 0 Å². The molecule has 1 heterocycles. The molecule has 0 aromatic heterocycles. The van der Waals surface area contributed by atoms with Crippen LogP contribution >= 0.6 is 0 Å². The van der Waals surface area contributed by atoms with Gasteiger partial charge in [0, 0.05) is 19.5 Å². The van der Waals surface area contributed by atoms with E-state index in [2.05, 4.69) is 0 Å². The van der Waals surface area contributed by atoms with E-state index in [-0.39, 0.29) is 12.3 Å². The molecule has 1 atom stereocenters. The van der Waals surface area contributed by atoms with Crippen molar-refractivity contribution >= 4 is 11.9 Å². The molecule has 15 heavy (non-hydrogen) atoms. The van der Waals surface area contributed by atoms with E-state index in [0.29, 0.717) is 13.0 Å². The SMILES string of the molecule is CC(C)(C)OC(=O)N1CCC(=O)C1CN. The van der Waals surface area contributed by atoms with Crippen LogP contribution in [0.15, 0.2) is 0 Å². The molecule has 0 spiro atoms. The Kier molecular flexibility index (Phi) is 3.34. The van der Waals surface area contributed by atoms with Crippen molar-refractivity contribution in [2.75, 3.05) is 13.1 Å². The number of Topliss-reactive ketones (excluding diaryl/α,β-unsaturated/α-hetero) is 1. The molecular weight excluding hydrogens is 196 g/mol. The van der Waals surface area contributed by atoms with Crippen LogP contribution in [-0.2, 0) is 9.53 Å². The molecular formula is C10H18N2O3. The average molecular weight is 214 g/mol. The number of hydrogen-bond acceptors (Lipinski definition) is 4. The molecule has 1 fully saturated rings. The van der Waals surface area contributed by atoms with E-state index in [9.17, 15) is 9.59 Å². The fourth-order valence-corrected chi connectivity index (χ4v) is 1.52. The second kappa shape index (κ2) is 4.18. The average Bonchev–Trinajstić information content (AvgIpc) is 2.43. The number of likely N-dealkylation sites (tertiary alicyclic amines) is 1. The summed E-state index contributed by atoms with van der Waals surface area (Å²) in [6.07, 6.45) is -0.0787. The number of hydrogen-bond donors (Lipinski definition) is 1. The zero-order chi connectivity index (χ0) is 11.6. The Morgan fingerprint density at radius 3 is 2.67 bits per heavy atom. The lowest BCUT2D eigenvalue weighted by atomic mass is 10.2. The Balaban J connectivity index is 2.64. The standard InChI is InChI=1S/C10H18N2O3/c1-10(2,3)15-9(14)12-5-4-8(13)7(12)6-11/h7H,4-6,11H2,1-3H3. The highest BCUT2D eigenvalue weighted by atomic mass is 16.6. The zero-order valence-corrected chi connectivity index (χ0v) is 9.45. The molecule has 1 aliphatic rings. The van der Waals surface area contributed by atoms with Crippen LogP contribution in [0.2, 0.25) is 0 Å². The number of nitrogens with two attached hydrogens (primary N) is 1. The number of carbonyl (C=O) groups excluding carboxylic acids is 2. The summed E-state index contributed by atoms with van der Waals surface area (Å²) in [4.78, 5) is 24.4. The summed E-state index contributed by atoms with van der Waals surface area (Å²) < 4.78 is 5.18. The number of ether oxygens (including phenoxy) is 1. The first-order valence-electron chi connectivity index (χ1n) is 5.07. The Hall–Kier alpha value is -1.10. The molecule has 0 saturated carbocycles. The molecule has 5 nitrogen and oxygen atoms in total. The maximum Gasteiger partial charge on any atom is 0.410 e. The van der Waals surface area contributed by atoms with Crippen LogP contribution in [-0.4, -0.2) is 41.5 Å². The van der Waals surface area contributed by atoms with Crippen molar-refractivity contribution in [1.29, 1.82) is 0 Å². The monoisotopic (exact) mass is 214 g/mol. The van der Waals surface area contributed by atoms with Crippen LogP contribution < -0.4 is 5.73 Å². The van der Waals surface area contributed by atoms with Crippen LogP contribution in [0, 0.1) is 0 Å². The zero-order valence-electron chi connectivity index (χ0n) is 9.45. The predicted octanol–water partition coefficient (Wildman–Crippen LogP) is 0.524. The van der Waals surface area contributed by atoms with Crippen LogP contribution in [0.3, 0.4) is 0 Å². The van der Waals surface area contributed by atoms with E-state index in [1.54, 1.807) is 20.8 Å². The second-order valence-electron chi connectivity index (χ2n) is 4.64. The largest absolute Gasteiger partial charge is 0.444 e. The Morgan fingerprint density at radius 1 is 1.60 bits per heavy atom. The third kappa shape index (κ3) is 2.92. The predicted molar refractivity (Wildman–Crippen MR) is 55.4 cm³/mol. The quantitative estimate of drug-likeness (QED) is 0.690. The molecule has 1 aliphatic heterocycles. The first-order chi connectivity index (χ1) is 6.85. The first-order valence-corrected chi connectivity index (χ1v) is 5.07. The van der Waals surface area contributed by atoms with Crippen molar-refractivity contribution in [2.45, 2.75) is 38.8 Å². The minimum absolute atomic E-state index is 0.0170. The van der Waals surface area contributed by atoms with Gasteiger partial charge in [-0.25, -0.2) is 4.79 Å². The maximum atomic E-state index is 11.7. The highest BCUT2D eigenvalue weighted by Crippen LogP contribution is 2.17. The highest BCUT2D eigenvalue weighted by molar-refractivity contribution is 5.90. The normalized spacial score (nSPS) is 22.0. The fourth-order valence-electron chi connectivity index (χ4n) is 1.52. The Morgan fingerprint density at radius 2 is 2.20 bits per heavy atom. The van der Waals surface area contributed by atoms with Gasteiger partial charge in [-0.3, -0.25) is 9.69 Å². The van der Waals surface area contributed by atoms with E-state index in [4.69, 9.17) is 10.5 Å². The first kappa shape index (κ1) is 12.0. The van der Waals surface area contributed by atoms with E-state index in [1.165, 1.54) is 4.90 Å². The fraction of sp³-hybridized carbons (Fsp3) is 0.800. The van der Waals surface area contributed by atoms with Crippen LogP contribution in [0.4, 0.5) is 4.79 Å². The van der Waals surface area contributed by atoms with Gasteiger partial charge >= 0.3 is 6.09 Å². The molecule has 0 aromatic carbocycles. The lowest BCUT2D eigenvalue weighted by Gasteiger charge is -2.27. The summed E-state index contributed by atoms with van der Waals surface area (Å²) in [7, 11) is 0. The highest BCUT2D eigenvalue weighted by Gasteiger charge is 2.36. The maximum absolute atomic E-state index is 11.7. The van der Waals surface area contributed by atoms with E-state index in [1.807, 2.05) is 0 Å². The molecule has 2 N–H and O–H groups in total.